The topological polar surface area (TPSA) is 71.3 Å². The van der Waals surface area contributed by atoms with Gasteiger partial charge in [0.05, 0.1) is 12.3 Å². The van der Waals surface area contributed by atoms with Crippen molar-refractivity contribution in [1.82, 2.24) is 0 Å². The van der Waals surface area contributed by atoms with Crippen LogP contribution < -0.4 is 10.2 Å². The van der Waals surface area contributed by atoms with E-state index >= 15 is 0 Å². The number of hydrogen-bond donors (Lipinski definition) is 2. The molecule has 0 amide bonds. The van der Waals surface area contributed by atoms with Gasteiger partial charge in [-0.2, -0.15) is 0 Å². The summed E-state index contributed by atoms with van der Waals surface area (Å²) in [6, 6.07) is 7.84. The van der Waals surface area contributed by atoms with Crippen LogP contribution in [0.4, 0.5) is 4.39 Å². The molecule has 0 bridgehead atoms. The number of fused-ring (bicyclic) bond motifs is 1. The van der Waals surface area contributed by atoms with Crippen LogP contribution >= 0.6 is 0 Å². The van der Waals surface area contributed by atoms with Gasteiger partial charge in [-0.05, 0) is 54.7 Å². The standard InChI is InChI=1S/C16H15BFNO4/c1-9-14(5-4-12-8-22-17(20)16(9)12)23-15-6-3-11(7-13(15)18)10(2)19-21/h3-7,20-21H,8H2,1-2H3/b19-10+. The summed E-state index contributed by atoms with van der Waals surface area (Å²) in [4.78, 5) is 0. The molecule has 0 radical (unpaired) electrons. The number of nitrogens with zero attached hydrogens (tertiary/aromatic N) is 1. The third kappa shape index (κ3) is 2.80. The van der Waals surface area contributed by atoms with Crippen LogP contribution in [0.1, 0.15) is 23.6 Å². The van der Waals surface area contributed by atoms with Crippen LogP contribution in [0.5, 0.6) is 11.5 Å². The Bertz CT molecular complexity index is 794. The summed E-state index contributed by atoms with van der Waals surface area (Å²) in [6.45, 7) is 3.71. The lowest BCUT2D eigenvalue weighted by atomic mass is 9.76. The van der Waals surface area contributed by atoms with Crippen molar-refractivity contribution < 1.29 is 24.0 Å². The third-order valence-electron chi connectivity index (χ3n) is 3.92. The molecule has 7 heteroatoms. The Balaban J connectivity index is 1.93. The summed E-state index contributed by atoms with van der Waals surface area (Å²) in [5, 5.41) is 21.6. The quantitative estimate of drug-likeness (QED) is 0.395. The van der Waals surface area contributed by atoms with Gasteiger partial charge in [-0.3, -0.25) is 0 Å². The molecule has 1 aliphatic heterocycles. The average molecular weight is 315 g/mol. The van der Waals surface area contributed by atoms with E-state index in [1.165, 1.54) is 12.1 Å². The van der Waals surface area contributed by atoms with Gasteiger partial charge in [0.25, 0.3) is 0 Å². The van der Waals surface area contributed by atoms with E-state index in [1.807, 2.05) is 0 Å². The van der Waals surface area contributed by atoms with E-state index in [4.69, 9.17) is 14.6 Å². The molecule has 118 valence electrons. The molecule has 0 fully saturated rings. The zero-order valence-corrected chi connectivity index (χ0v) is 12.7. The van der Waals surface area contributed by atoms with Gasteiger partial charge >= 0.3 is 7.12 Å². The first-order valence-electron chi connectivity index (χ1n) is 7.09. The summed E-state index contributed by atoms with van der Waals surface area (Å²) < 4.78 is 25.0. The van der Waals surface area contributed by atoms with E-state index in [1.54, 1.807) is 32.0 Å². The molecule has 1 heterocycles. The molecule has 23 heavy (non-hydrogen) atoms. The van der Waals surface area contributed by atoms with Crippen LogP contribution in [0.15, 0.2) is 35.5 Å². The van der Waals surface area contributed by atoms with Crippen molar-refractivity contribution in [2.45, 2.75) is 20.5 Å². The second kappa shape index (κ2) is 6.02. The van der Waals surface area contributed by atoms with Crippen molar-refractivity contribution in [2.75, 3.05) is 0 Å². The smallest absolute Gasteiger partial charge is 0.454 e. The molecule has 2 aromatic rings. The molecular weight excluding hydrogens is 300 g/mol. The largest absolute Gasteiger partial charge is 0.492 e. The van der Waals surface area contributed by atoms with Crippen molar-refractivity contribution in [3.8, 4) is 11.5 Å². The number of benzene rings is 2. The fourth-order valence-corrected chi connectivity index (χ4v) is 2.58. The van der Waals surface area contributed by atoms with E-state index in [0.29, 0.717) is 34.7 Å². The summed E-state index contributed by atoms with van der Waals surface area (Å²) in [6.07, 6.45) is 0. The molecule has 3 rings (SSSR count). The zero-order valence-electron chi connectivity index (χ0n) is 12.7. The van der Waals surface area contributed by atoms with E-state index in [2.05, 4.69) is 5.16 Å². The van der Waals surface area contributed by atoms with Gasteiger partial charge in [-0.1, -0.05) is 11.2 Å². The van der Waals surface area contributed by atoms with Crippen LogP contribution in [0.25, 0.3) is 0 Å². The minimum absolute atomic E-state index is 0.0518. The Morgan fingerprint density at radius 1 is 1.30 bits per heavy atom. The highest BCUT2D eigenvalue weighted by Gasteiger charge is 2.30. The van der Waals surface area contributed by atoms with Crippen molar-refractivity contribution >= 4 is 18.3 Å². The Hall–Kier alpha value is -2.38. The minimum Gasteiger partial charge on any atom is -0.454 e. The van der Waals surface area contributed by atoms with Crippen molar-refractivity contribution in [1.29, 1.82) is 0 Å². The van der Waals surface area contributed by atoms with Crippen molar-refractivity contribution in [3.05, 3.63) is 52.8 Å². The molecule has 0 saturated carbocycles. The first-order valence-corrected chi connectivity index (χ1v) is 7.09. The molecule has 0 aromatic heterocycles. The number of oxime groups is 1. The highest BCUT2D eigenvalue weighted by molar-refractivity contribution is 6.62. The lowest BCUT2D eigenvalue weighted by molar-refractivity contribution is 0.275. The van der Waals surface area contributed by atoms with Gasteiger partial charge in [-0.25, -0.2) is 4.39 Å². The first-order chi connectivity index (χ1) is 11.0. The zero-order chi connectivity index (χ0) is 16.6. The van der Waals surface area contributed by atoms with E-state index < -0.39 is 12.9 Å². The summed E-state index contributed by atoms with van der Waals surface area (Å²) in [7, 11) is -0.982. The average Bonchev–Trinajstić information content (AvgIpc) is 2.92. The molecule has 1 aliphatic rings. The fraction of sp³-hybridized carbons (Fsp3) is 0.188. The van der Waals surface area contributed by atoms with Crippen LogP contribution in [0.3, 0.4) is 0 Å². The minimum atomic E-state index is -0.982. The molecule has 0 saturated heterocycles. The second-order valence-corrected chi connectivity index (χ2v) is 5.36. The Morgan fingerprint density at radius 2 is 2.04 bits per heavy atom. The Kier molecular flexibility index (Phi) is 4.06. The second-order valence-electron chi connectivity index (χ2n) is 5.36. The highest BCUT2D eigenvalue weighted by Crippen LogP contribution is 2.29. The van der Waals surface area contributed by atoms with Crippen molar-refractivity contribution in [2.24, 2.45) is 5.16 Å². The lowest BCUT2D eigenvalue weighted by Gasteiger charge is -2.13. The molecule has 0 aliphatic carbocycles. The van der Waals surface area contributed by atoms with Crippen LogP contribution in [-0.2, 0) is 11.3 Å². The first kappa shape index (κ1) is 15.5. The number of rotatable bonds is 3. The fourth-order valence-electron chi connectivity index (χ4n) is 2.58. The summed E-state index contributed by atoms with van der Waals surface area (Å²) in [5.41, 5.74) is 3.05. The monoisotopic (exact) mass is 315 g/mol. The number of halogens is 1. The maximum Gasteiger partial charge on any atom is 0.492 e. The lowest BCUT2D eigenvalue weighted by Crippen LogP contribution is -2.30. The molecule has 2 aromatic carbocycles. The van der Waals surface area contributed by atoms with Gasteiger partial charge in [0, 0.05) is 5.56 Å². The van der Waals surface area contributed by atoms with Crippen LogP contribution in [-0.4, -0.2) is 23.1 Å². The van der Waals surface area contributed by atoms with Gasteiger partial charge in [0.15, 0.2) is 11.6 Å². The predicted molar refractivity (Wildman–Crippen MR) is 84.0 cm³/mol. The number of hydrogen-bond acceptors (Lipinski definition) is 5. The molecular formula is C16H15BFNO4. The normalized spacial score (nSPS) is 14.1. The van der Waals surface area contributed by atoms with E-state index in [9.17, 15) is 9.41 Å². The third-order valence-corrected chi connectivity index (χ3v) is 3.92. The number of ether oxygens (including phenoxy) is 1. The maximum atomic E-state index is 14.2. The van der Waals surface area contributed by atoms with E-state index in [-0.39, 0.29) is 5.75 Å². The highest BCUT2D eigenvalue weighted by atomic mass is 19.1. The summed E-state index contributed by atoms with van der Waals surface area (Å²) >= 11 is 0. The molecule has 0 spiro atoms. The summed E-state index contributed by atoms with van der Waals surface area (Å²) in [5.74, 6) is -0.0642. The van der Waals surface area contributed by atoms with Gasteiger partial charge in [-0.15, -0.1) is 0 Å². The Morgan fingerprint density at radius 3 is 2.74 bits per heavy atom. The SMILES string of the molecule is C/C(=N\O)c1ccc(Oc2ccc3c(c2C)B(O)OC3)c(F)c1. The van der Waals surface area contributed by atoms with Gasteiger partial charge < -0.3 is 19.6 Å². The molecule has 0 atom stereocenters. The molecule has 0 unspecified atom stereocenters. The van der Waals surface area contributed by atoms with Gasteiger partial charge in [0.2, 0.25) is 0 Å². The Labute approximate surface area is 133 Å². The van der Waals surface area contributed by atoms with Crippen LogP contribution in [0.2, 0.25) is 0 Å². The van der Waals surface area contributed by atoms with Crippen LogP contribution in [0, 0.1) is 12.7 Å². The van der Waals surface area contributed by atoms with E-state index in [0.717, 1.165) is 5.56 Å². The molecule has 2 N–H and O–H groups in total. The maximum absolute atomic E-state index is 14.2. The molecule has 5 nitrogen and oxygen atoms in total. The predicted octanol–water partition coefficient (Wildman–Crippen LogP) is 2.34. The van der Waals surface area contributed by atoms with Gasteiger partial charge in [0.1, 0.15) is 5.75 Å². The van der Waals surface area contributed by atoms with Crippen molar-refractivity contribution in [3.63, 3.8) is 0 Å².